The summed E-state index contributed by atoms with van der Waals surface area (Å²) in [4.78, 5) is 11.9. The van der Waals surface area contributed by atoms with Gasteiger partial charge in [-0.3, -0.25) is 4.79 Å². The van der Waals surface area contributed by atoms with Gasteiger partial charge in [0.25, 0.3) is 0 Å². The Labute approximate surface area is 105 Å². The molecule has 2 rings (SSSR count). The summed E-state index contributed by atoms with van der Waals surface area (Å²) in [5.41, 5.74) is -0.221. The fourth-order valence-electron chi connectivity index (χ4n) is 1.65. The first-order valence-corrected chi connectivity index (χ1v) is 5.89. The summed E-state index contributed by atoms with van der Waals surface area (Å²) >= 11 is 2.96. The molecule has 0 saturated heterocycles. The summed E-state index contributed by atoms with van der Waals surface area (Å²) < 4.78 is 32.4. The maximum atomic E-state index is 13.6. The Morgan fingerprint density at radius 2 is 1.94 bits per heavy atom. The van der Waals surface area contributed by atoms with Crippen LogP contribution >= 0.6 is 15.9 Å². The number of hydrogen-bond acceptors (Lipinski definition) is 2. The van der Waals surface area contributed by atoms with Gasteiger partial charge in [-0.15, -0.1) is 0 Å². The number of benzene rings is 1. The molecule has 0 aliphatic carbocycles. The van der Waals surface area contributed by atoms with Gasteiger partial charge in [0.15, 0.2) is 5.78 Å². The van der Waals surface area contributed by atoms with Crippen molar-refractivity contribution in [1.29, 1.82) is 0 Å². The zero-order valence-electron chi connectivity index (χ0n) is 8.80. The second-order valence-electron chi connectivity index (χ2n) is 3.69. The van der Waals surface area contributed by atoms with Crippen molar-refractivity contribution in [3.05, 3.63) is 45.6 Å². The van der Waals surface area contributed by atoms with E-state index >= 15 is 0 Å². The Morgan fingerprint density at radius 3 is 2.47 bits per heavy atom. The van der Waals surface area contributed by atoms with Gasteiger partial charge < -0.3 is 4.74 Å². The molecule has 1 heterocycles. The lowest BCUT2D eigenvalue weighted by atomic mass is 9.99. The highest BCUT2D eigenvalue weighted by molar-refractivity contribution is 9.10. The molecular formula is C12H9BrF2O2. The van der Waals surface area contributed by atoms with Crippen LogP contribution in [0.2, 0.25) is 0 Å². The quantitative estimate of drug-likeness (QED) is 0.780. The van der Waals surface area contributed by atoms with E-state index in [0.29, 0.717) is 25.0 Å². The number of hydrogen-bond donors (Lipinski definition) is 0. The number of Topliss-reactive ketones (excluding diaryl/α,β-unsaturated/α-hetero) is 1. The Bertz CT molecular complexity index is 474. The third-order valence-corrected chi connectivity index (χ3v) is 2.92. The molecule has 0 saturated carbocycles. The maximum absolute atomic E-state index is 13.6. The molecule has 17 heavy (non-hydrogen) atoms. The highest BCUT2D eigenvalue weighted by Gasteiger charge is 2.23. The average Bonchev–Trinajstić information content (AvgIpc) is 2.28. The van der Waals surface area contributed by atoms with Gasteiger partial charge in [0, 0.05) is 10.0 Å². The minimum absolute atomic E-state index is 0.262. The van der Waals surface area contributed by atoms with Crippen LogP contribution in [-0.2, 0) is 4.74 Å². The molecule has 1 aromatic carbocycles. The van der Waals surface area contributed by atoms with Gasteiger partial charge in [-0.2, -0.15) is 0 Å². The topological polar surface area (TPSA) is 26.3 Å². The molecule has 0 spiro atoms. The number of carbonyl (C=O) groups is 1. The summed E-state index contributed by atoms with van der Waals surface area (Å²) in [6.07, 6.45) is 2.44. The SMILES string of the molecule is O=C(C1=COCCC1)c1c(F)cc(Br)cc1F. The van der Waals surface area contributed by atoms with Crippen LogP contribution in [0.5, 0.6) is 0 Å². The predicted molar refractivity (Wildman–Crippen MR) is 61.7 cm³/mol. The first-order valence-electron chi connectivity index (χ1n) is 5.09. The number of halogens is 3. The van der Waals surface area contributed by atoms with Crippen molar-refractivity contribution in [3.63, 3.8) is 0 Å². The predicted octanol–water partition coefficient (Wildman–Crippen LogP) is 3.60. The number of allylic oxidation sites excluding steroid dienone is 1. The van der Waals surface area contributed by atoms with Crippen molar-refractivity contribution in [1.82, 2.24) is 0 Å². The Morgan fingerprint density at radius 1 is 1.29 bits per heavy atom. The number of ether oxygens (including phenoxy) is 1. The van der Waals surface area contributed by atoms with E-state index in [-0.39, 0.29) is 4.47 Å². The zero-order chi connectivity index (χ0) is 12.4. The summed E-state index contributed by atoms with van der Waals surface area (Å²) in [5, 5.41) is 0. The van der Waals surface area contributed by atoms with Gasteiger partial charge in [-0.1, -0.05) is 15.9 Å². The highest BCUT2D eigenvalue weighted by Crippen LogP contribution is 2.24. The molecule has 2 nitrogen and oxygen atoms in total. The second-order valence-corrected chi connectivity index (χ2v) is 4.61. The maximum Gasteiger partial charge on any atom is 0.197 e. The molecule has 90 valence electrons. The van der Waals surface area contributed by atoms with Gasteiger partial charge in [0.2, 0.25) is 0 Å². The summed E-state index contributed by atoms with van der Waals surface area (Å²) in [6, 6.07) is 2.14. The van der Waals surface area contributed by atoms with E-state index in [9.17, 15) is 13.6 Å². The molecule has 0 amide bonds. The molecule has 1 aliphatic heterocycles. The van der Waals surface area contributed by atoms with Crippen LogP contribution in [0.3, 0.4) is 0 Å². The zero-order valence-corrected chi connectivity index (χ0v) is 10.4. The van der Waals surface area contributed by atoms with E-state index in [1.165, 1.54) is 6.26 Å². The number of carbonyl (C=O) groups excluding carboxylic acids is 1. The fourth-order valence-corrected chi connectivity index (χ4v) is 2.05. The third kappa shape index (κ3) is 2.54. The molecule has 0 N–H and O–H groups in total. The molecule has 0 bridgehead atoms. The molecule has 0 aromatic heterocycles. The van der Waals surface area contributed by atoms with Gasteiger partial charge >= 0.3 is 0 Å². The summed E-state index contributed by atoms with van der Waals surface area (Å²) in [6.45, 7) is 0.530. The third-order valence-electron chi connectivity index (χ3n) is 2.46. The Kier molecular flexibility index (Phi) is 3.57. The van der Waals surface area contributed by atoms with E-state index in [2.05, 4.69) is 15.9 Å². The van der Waals surface area contributed by atoms with Gasteiger partial charge in [0.05, 0.1) is 18.4 Å². The molecule has 0 unspecified atom stereocenters. The van der Waals surface area contributed by atoms with Crippen molar-refractivity contribution in [2.45, 2.75) is 12.8 Å². The van der Waals surface area contributed by atoms with E-state index in [1.54, 1.807) is 0 Å². The first kappa shape index (κ1) is 12.2. The van der Waals surface area contributed by atoms with E-state index in [0.717, 1.165) is 12.1 Å². The molecule has 1 aromatic rings. The van der Waals surface area contributed by atoms with Crippen LogP contribution < -0.4 is 0 Å². The van der Waals surface area contributed by atoms with E-state index in [1.807, 2.05) is 0 Å². The van der Waals surface area contributed by atoms with Crippen LogP contribution in [0.1, 0.15) is 23.2 Å². The lowest BCUT2D eigenvalue weighted by molar-refractivity contribution is 0.100. The van der Waals surface area contributed by atoms with Crippen LogP contribution in [0.15, 0.2) is 28.4 Å². The van der Waals surface area contributed by atoms with Crippen molar-refractivity contribution >= 4 is 21.7 Å². The lowest BCUT2D eigenvalue weighted by Crippen LogP contribution is -2.12. The van der Waals surface area contributed by atoms with Crippen LogP contribution in [-0.4, -0.2) is 12.4 Å². The monoisotopic (exact) mass is 302 g/mol. The molecule has 0 atom stereocenters. The largest absolute Gasteiger partial charge is 0.501 e. The van der Waals surface area contributed by atoms with Gasteiger partial charge in [0.1, 0.15) is 11.6 Å². The standard InChI is InChI=1S/C12H9BrF2O2/c13-8-4-9(14)11(10(15)5-8)12(16)7-2-1-3-17-6-7/h4-6H,1-3H2. The Balaban J connectivity index is 2.40. The van der Waals surface area contributed by atoms with Crippen molar-refractivity contribution < 1.29 is 18.3 Å². The van der Waals surface area contributed by atoms with Crippen molar-refractivity contribution in [3.8, 4) is 0 Å². The highest BCUT2D eigenvalue weighted by atomic mass is 79.9. The molecule has 0 fully saturated rings. The van der Waals surface area contributed by atoms with Crippen LogP contribution in [0.4, 0.5) is 8.78 Å². The average molecular weight is 303 g/mol. The van der Waals surface area contributed by atoms with E-state index in [4.69, 9.17) is 4.74 Å². The summed E-state index contributed by atoms with van der Waals surface area (Å²) in [7, 11) is 0. The smallest absolute Gasteiger partial charge is 0.197 e. The molecule has 0 radical (unpaired) electrons. The lowest BCUT2D eigenvalue weighted by Gasteiger charge is -2.13. The minimum Gasteiger partial charge on any atom is -0.501 e. The first-order chi connectivity index (χ1) is 8.09. The second kappa shape index (κ2) is 4.96. The van der Waals surface area contributed by atoms with Crippen molar-refractivity contribution in [2.75, 3.05) is 6.61 Å². The van der Waals surface area contributed by atoms with Crippen LogP contribution in [0.25, 0.3) is 0 Å². The van der Waals surface area contributed by atoms with Gasteiger partial charge in [-0.25, -0.2) is 8.78 Å². The van der Waals surface area contributed by atoms with Gasteiger partial charge in [-0.05, 0) is 25.0 Å². The number of ketones is 1. The molecule has 5 heteroatoms. The number of rotatable bonds is 2. The summed E-state index contributed by atoms with van der Waals surface area (Å²) in [5.74, 6) is -2.38. The minimum atomic E-state index is -0.867. The van der Waals surface area contributed by atoms with Crippen molar-refractivity contribution in [2.24, 2.45) is 0 Å². The molecule has 1 aliphatic rings. The fraction of sp³-hybridized carbons (Fsp3) is 0.250. The normalized spacial score (nSPS) is 15.1. The van der Waals surface area contributed by atoms with E-state index < -0.39 is 23.0 Å². The Hall–Kier alpha value is -1.23. The molecular weight excluding hydrogens is 294 g/mol. The van der Waals surface area contributed by atoms with Crippen LogP contribution in [0, 0.1) is 11.6 Å².